The third kappa shape index (κ3) is 4.67. The first kappa shape index (κ1) is 18.0. The van der Waals surface area contributed by atoms with Gasteiger partial charge in [0.15, 0.2) is 0 Å². The molecule has 1 heterocycles. The zero-order chi connectivity index (χ0) is 19.2. The summed E-state index contributed by atoms with van der Waals surface area (Å²) in [5, 5.41) is 3.88. The third-order valence-electron chi connectivity index (χ3n) is 4.15. The number of rotatable bonds is 6. The monoisotopic (exact) mass is 387 g/mol. The van der Waals surface area contributed by atoms with Gasteiger partial charge in [-0.1, -0.05) is 41.9 Å². The Labute approximate surface area is 168 Å². The molecular formula is C23H18ClN3O. The van der Waals surface area contributed by atoms with Crippen LogP contribution in [0.15, 0.2) is 91.1 Å². The second-order valence-electron chi connectivity index (χ2n) is 6.20. The van der Waals surface area contributed by atoms with Gasteiger partial charge in [0.2, 0.25) is 5.95 Å². The summed E-state index contributed by atoms with van der Waals surface area (Å²) in [5.41, 5.74) is 3.85. The van der Waals surface area contributed by atoms with Crippen LogP contribution in [0.4, 0.5) is 11.6 Å². The number of hydrogen-bond acceptors (Lipinski definition) is 4. The van der Waals surface area contributed by atoms with Crippen LogP contribution in [0.5, 0.6) is 5.75 Å². The molecule has 0 aliphatic heterocycles. The maximum absolute atomic E-state index is 5.92. The van der Waals surface area contributed by atoms with Gasteiger partial charge in [0.05, 0.1) is 5.69 Å². The summed E-state index contributed by atoms with van der Waals surface area (Å²) >= 11 is 5.92. The largest absolute Gasteiger partial charge is 0.489 e. The first-order valence-electron chi connectivity index (χ1n) is 8.89. The Morgan fingerprint density at radius 2 is 1.57 bits per heavy atom. The lowest BCUT2D eigenvalue weighted by Crippen LogP contribution is -1.98. The maximum atomic E-state index is 5.92. The van der Waals surface area contributed by atoms with Crippen LogP contribution < -0.4 is 10.1 Å². The van der Waals surface area contributed by atoms with Gasteiger partial charge in [-0.2, -0.15) is 0 Å². The molecule has 4 nitrogen and oxygen atoms in total. The van der Waals surface area contributed by atoms with E-state index in [1.165, 1.54) is 0 Å². The van der Waals surface area contributed by atoms with Crippen molar-refractivity contribution in [1.82, 2.24) is 9.97 Å². The predicted octanol–water partition coefficient (Wildman–Crippen LogP) is 6.12. The van der Waals surface area contributed by atoms with Crippen molar-refractivity contribution in [3.8, 4) is 17.0 Å². The molecular weight excluding hydrogens is 370 g/mol. The van der Waals surface area contributed by atoms with E-state index in [0.717, 1.165) is 28.3 Å². The zero-order valence-corrected chi connectivity index (χ0v) is 15.8. The van der Waals surface area contributed by atoms with E-state index >= 15 is 0 Å². The Morgan fingerprint density at radius 3 is 2.32 bits per heavy atom. The molecule has 0 spiro atoms. The van der Waals surface area contributed by atoms with E-state index in [4.69, 9.17) is 16.3 Å². The second kappa shape index (κ2) is 8.55. The number of halogens is 1. The van der Waals surface area contributed by atoms with Crippen LogP contribution in [0, 0.1) is 0 Å². The smallest absolute Gasteiger partial charge is 0.227 e. The molecule has 0 saturated carbocycles. The highest BCUT2D eigenvalue weighted by Gasteiger charge is 2.04. The van der Waals surface area contributed by atoms with Gasteiger partial charge in [0, 0.05) is 22.5 Å². The van der Waals surface area contributed by atoms with Gasteiger partial charge in [-0.05, 0) is 60.2 Å². The van der Waals surface area contributed by atoms with E-state index in [0.29, 0.717) is 17.6 Å². The predicted molar refractivity (Wildman–Crippen MR) is 113 cm³/mol. The molecule has 0 aliphatic rings. The highest BCUT2D eigenvalue weighted by atomic mass is 35.5. The molecule has 5 heteroatoms. The third-order valence-corrected chi connectivity index (χ3v) is 4.41. The molecule has 0 unspecified atom stereocenters. The molecule has 138 valence electrons. The van der Waals surface area contributed by atoms with Crippen molar-refractivity contribution in [2.24, 2.45) is 0 Å². The van der Waals surface area contributed by atoms with Crippen LogP contribution in [0.25, 0.3) is 11.3 Å². The number of nitrogens with one attached hydrogen (secondary N) is 1. The van der Waals surface area contributed by atoms with Crippen molar-refractivity contribution in [3.63, 3.8) is 0 Å². The van der Waals surface area contributed by atoms with Crippen molar-refractivity contribution in [1.29, 1.82) is 0 Å². The fraction of sp³-hybridized carbons (Fsp3) is 0.0435. The molecule has 0 bridgehead atoms. The highest BCUT2D eigenvalue weighted by molar-refractivity contribution is 6.30. The van der Waals surface area contributed by atoms with E-state index < -0.39 is 0 Å². The Balaban J connectivity index is 1.44. The van der Waals surface area contributed by atoms with Gasteiger partial charge in [-0.25, -0.2) is 9.97 Å². The summed E-state index contributed by atoms with van der Waals surface area (Å²) in [7, 11) is 0. The number of ether oxygens (including phenoxy) is 1. The minimum atomic E-state index is 0.532. The van der Waals surface area contributed by atoms with Gasteiger partial charge < -0.3 is 10.1 Å². The van der Waals surface area contributed by atoms with Crippen LogP contribution >= 0.6 is 11.6 Å². The van der Waals surface area contributed by atoms with Crippen molar-refractivity contribution < 1.29 is 4.74 Å². The molecule has 4 rings (SSSR count). The van der Waals surface area contributed by atoms with Gasteiger partial charge in [0.25, 0.3) is 0 Å². The van der Waals surface area contributed by atoms with E-state index in [-0.39, 0.29) is 0 Å². The molecule has 4 aromatic rings. The number of anilines is 2. The highest BCUT2D eigenvalue weighted by Crippen LogP contribution is 2.23. The van der Waals surface area contributed by atoms with E-state index in [2.05, 4.69) is 15.3 Å². The lowest BCUT2D eigenvalue weighted by atomic mass is 10.1. The van der Waals surface area contributed by atoms with Crippen molar-refractivity contribution in [2.75, 3.05) is 5.32 Å². The number of aromatic nitrogens is 2. The lowest BCUT2D eigenvalue weighted by molar-refractivity contribution is 0.306. The van der Waals surface area contributed by atoms with Crippen LogP contribution in [-0.2, 0) is 6.61 Å². The maximum Gasteiger partial charge on any atom is 0.227 e. The Hall–Kier alpha value is -3.37. The first-order chi connectivity index (χ1) is 13.8. The topological polar surface area (TPSA) is 47.0 Å². The summed E-state index contributed by atoms with van der Waals surface area (Å²) in [4.78, 5) is 8.87. The van der Waals surface area contributed by atoms with Gasteiger partial charge in [0.1, 0.15) is 12.4 Å². The molecule has 28 heavy (non-hydrogen) atoms. The molecule has 0 amide bonds. The summed E-state index contributed by atoms with van der Waals surface area (Å²) in [5.74, 6) is 1.35. The van der Waals surface area contributed by atoms with Crippen molar-refractivity contribution in [2.45, 2.75) is 6.61 Å². The van der Waals surface area contributed by atoms with E-state index in [1.54, 1.807) is 6.20 Å². The van der Waals surface area contributed by atoms with Crippen molar-refractivity contribution >= 4 is 23.2 Å². The second-order valence-corrected chi connectivity index (χ2v) is 6.63. The van der Waals surface area contributed by atoms with E-state index in [9.17, 15) is 0 Å². The molecule has 0 saturated heterocycles. The molecule has 0 radical (unpaired) electrons. The minimum Gasteiger partial charge on any atom is -0.489 e. The van der Waals surface area contributed by atoms with Crippen LogP contribution in [-0.4, -0.2) is 9.97 Å². The first-order valence-corrected chi connectivity index (χ1v) is 9.27. The lowest BCUT2D eigenvalue weighted by Gasteiger charge is -2.09. The number of hydrogen-bond donors (Lipinski definition) is 1. The van der Waals surface area contributed by atoms with Crippen LogP contribution in [0.2, 0.25) is 5.02 Å². The average molecular weight is 388 g/mol. The molecule has 0 atom stereocenters. The Morgan fingerprint density at radius 1 is 0.821 bits per heavy atom. The summed E-state index contributed by atoms with van der Waals surface area (Å²) < 4.78 is 5.84. The van der Waals surface area contributed by atoms with Crippen LogP contribution in [0.3, 0.4) is 0 Å². The van der Waals surface area contributed by atoms with Gasteiger partial charge >= 0.3 is 0 Å². The number of benzene rings is 3. The Kier molecular flexibility index (Phi) is 5.50. The van der Waals surface area contributed by atoms with Gasteiger partial charge in [-0.3, -0.25) is 0 Å². The quantitative estimate of drug-likeness (QED) is 0.433. The fourth-order valence-corrected chi connectivity index (χ4v) is 2.83. The molecule has 0 aliphatic carbocycles. The molecule has 1 N–H and O–H groups in total. The standard InChI is InChI=1S/C23H18ClN3O/c24-19-8-10-20(11-9-19)26-23-25-15-14-22(27-23)18-6-12-21(13-7-18)28-16-17-4-2-1-3-5-17/h1-15H,16H2,(H,25,26,27). The van der Waals surface area contributed by atoms with E-state index in [1.807, 2.05) is 84.9 Å². The summed E-state index contributed by atoms with van der Waals surface area (Å²) in [6, 6.07) is 27.3. The summed E-state index contributed by atoms with van der Waals surface area (Å²) in [6.07, 6.45) is 1.74. The minimum absolute atomic E-state index is 0.532. The zero-order valence-electron chi connectivity index (χ0n) is 15.0. The molecule has 3 aromatic carbocycles. The number of nitrogens with zero attached hydrogens (tertiary/aromatic N) is 2. The van der Waals surface area contributed by atoms with Crippen molar-refractivity contribution in [3.05, 3.63) is 102 Å². The SMILES string of the molecule is Clc1ccc(Nc2nccc(-c3ccc(OCc4ccccc4)cc3)n2)cc1. The van der Waals surface area contributed by atoms with Crippen LogP contribution in [0.1, 0.15) is 5.56 Å². The fourth-order valence-electron chi connectivity index (χ4n) is 2.70. The van der Waals surface area contributed by atoms with Gasteiger partial charge in [-0.15, -0.1) is 0 Å². The average Bonchev–Trinajstić information content (AvgIpc) is 2.75. The summed E-state index contributed by atoms with van der Waals surface area (Å²) in [6.45, 7) is 0.544. The normalized spacial score (nSPS) is 10.5. The molecule has 0 fully saturated rings. The molecule has 1 aromatic heterocycles. The Bertz CT molecular complexity index is 1040.